The van der Waals surface area contributed by atoms with Gasteiger partial charge in [0.1, 0.15) is 0 Å². The first-order chi connectivity index (χ1) is 12.3. The number of rotatable bonds is 5. The predicted octanol–water partition coefficient (Wildman–Crippen LogP) is 4.37. The third-order valence-electron chi connectivity index (χ3n) is 3.78. The number of carbonyl (C=O) groups is 3. The molecule has 134 valence electrons. The molecule has 0 saturated heterocycles. The fourth-order valence-corrected chi connectivity index (χ4v) is 2.37. The Morgan fingerprint density at radius 3 is 2.23 bits per heavy atom. The number of amides is 2. The van der Waals surface area contributed by atoms with Crippen LogP contribution in [0.25, 0.3) is 0 Å². The van der Waals surface area contributed by atoms with Crippen LogP contribution in [0.3, 0.4) is 0 Å². The van der Waals surface area contributed by atoms with Crippen molar-refractivity contribution in [2.24, 2.45) is 0 Å². The number of nitrogens with one attached hydrogen (secondary N) is 2. The van der Waals surface area contributed by atoms with Crippen LogP contribution in [0.5, 0.6) is 0 Å². The lowest BCUT2D eigenvalue weighted by atomic mass is 10.1. The van der Waals surface area contributed by atoms with E-state index in [1.165, 1.54) is 13.0 Å². The third-order valence-corrected chi connectivity index (χ3v) is 4.19. The van der Waals surface area contributed by atoms with Crippen LogP contribution < -0.4 is 10.6 Å². The van der Waals surface area contributed by atoms with Gasteiger partial charge in [-0.15, -0.1) is 0 Å². The van der Waals surface area contributed by atoms with Crippen molar-refractivity contribution in [2.45, 2.75) is 20.8 Å². The molecule has 2 aromatic rings. The summed E-state index contributed by atoms with van der Waals surface area (Å²) in [5.41, 5.74) is 2.69. The molecule has 0 fully saturated rings. The summed E-state index contributed by atoms with van der Waals surface area (Å²) < 4.78 is 0. The Bertz CT molecular complexity index is 886. The van der Waals surface area contributed by atoms with Gasteiger partial charge in [0.2, 0.25) is 5.91 Å². The Labute approximate surface area is 157 Å². The minimum Gasteiger partial charge on any atom is -0.322 e. The molecule has 2 rings (SSSR count). The van der Waals surface area contributed by atoms with Crippen LogP contribution in [0.1, 0.15) is 29.8 Å². The molecule has 26 heavy (non-hydrogen) atoms. The zero-order valence-electron chi connectivity index (χ0n) is 14.7. The molecule has 6 heteroatoms. The molecule has 0 saturated carbocycles. The number of hydrogen-bond acceptors (Lipinski definition) is 3. The number of halogens is 1. The van der Waals surface area contributed by atoms with Crippen molar-refractivity contribution in [3.05, 3.63) is 70.3 Å². The van der Waals surface area contributed by atoms with Gasteiger partial charge in [0.05, 0.1) is 0 Å². The van der Waals surface area contributed by atoms with Gasteiger partial charge in [-0.1, -0.05) is 17.7 Å². The van der Waals surface area contributed by atoms with Crippen molar-refractivity contribution in [3.63, 3.8) is 0 Å². The topological polar surface area (TPSA) is 75.3 Å². The number of ketones is 1. The van der Waals surface area contributed by atoms with Crippen molar-refractivity contribution >= 4 is 40.6 Å². The second kappa shape index (κ2) is 8.45. The summed E-state index contributed by atoms with van der Waals surface area (Å²) in [6, 6.07) is 11.7. The maximum Gasteiger partial charge on any atom is 0.251 e. The molecule has 2 N–H and O–H groups in total. The highest BCUT2D eigenvalue weighted by Crippen LogP contribution is 2.23. The van der Waals surface area contributed by atoms with Gasteiger partial charge in [-0.2, -0.15) is 0 Å². The second-order valence-electron chi connectivity index (χ2n) is 5.82. The zero-order valence-corrected chi connectivity index (χ0v) is 15.5. The fourth-order valence-electron chi connectivity index (χ4n) is 2.19. The first kappa shape index (κ1) is 19.4. The van der Waals surface area contributed by atoms with Crippen LogP contribution in [0.2, 0.25) is 5.02 Å². The molecule has 0 aliphatic carbocycles. The van der Waals surface area contributed by atoms with Crippen molar-refractivity contribution in [3.8, 4) is 0 Å². The SMILES string of the molecule is CC(=O)c1ccc(NC(=O)/C(C)=C\C(=O)Nc2cccc(Cl)c2C)cc1. The Morgan fingerprint density at radius 2 is 1.62 bits per heavy atom. The average molecular weight is 371 g/mol. The lowest BCUT2D eigenvalue weighted by Crippen LogP contribution is -2.16. The van der Waals surface area contributed by atoms with Gasteiger partial charge in [-0.05, 0) is 62.7 Å². The van der Waals surface area contributed by atoms with Crippen LogP contribution in [0.4, 0.5) is 11.4 Å². The van der Waals surface area contributed by atoms with Crippen molar-refractivity contribution in [1.29, 1.82) is 0 Å². The molecule has 0 aliphatic rings. The number of hydrogen-bond donors (Lipinski definition) is 2. The first-order valence-electron chi connectivity index (χ1n) is 7.94. The minimum absolute atomic E-state index is 0.0491. The van der Waals surface area contributed by atoms with Gasteiger partial charge >= 0.3 is 0 Å². The molecule has 0 aliphatic heterocycles. The standard InChI is InChI=1S/C20H19ClN2O3/c1-12(11-19(25)23-18-6-4-5-17(21)13(18)2)20(26)22-16-9-7-15(8-10-16)14(3)24/h4-11H,1-3H3,(H,22,26)(H,23,25)/b12-11-. The second-order valence-corrected chi connectivity index (χ2v) is 6.22. The Kier molecular flexibility index (Phi) is 6.31. The van der Waals surface area contributed by atoms with Gasteiger partial charge in [0.15, 0.2) is 5.78 Å². The maximum atomic E-state index is 12.2. The molecular weight excluding hydrogens is 352 g/mol. The number of carbonyl (C=O) groups excluding carboxylic acids is 3. The maximum absolute atomic E-state index is 12.2. The third kappa shape index (κ3) is 5.04. The van der Waals surface area contributed by atoms with E-state index in [1.807, 2.05) is 0 Å². The molecule has 2 amide bonds. The first-order valence-corrected chi connectivity index (χ1v) is 8.32. The molecule has 0 aromatic heterocycles. The summed E-state index contributed by atoms with van der Waals surface area (Å²) in [6.07, 6.45) is 1.22. The van der Waals surface area contributed by atoms with E-state index >= 15 is 0 Å². The summed E-state index contributed by atoms with van der Waals surface area (Å²) in [6.45, 7) is 4.82. The lowest BCUT2D eigenvalue weighted by molar-refractivity contribution is -0.114. The van der Waals surface area contributed by atoms with E-state index in [1.54, 1.807) is 56.3 Å². The van der Waals surface area contributed by atoms with Crippen LogP contribution in [-0.2, 0) is 9.59 Å². The molecule has 5 nitrogen and oxygen atoms in total. The normalized spacial score (nSPS) is 11.0. The summed E-state index contributed by atoms with van der Waals surface area (Å²) in [5.74, 6) is -0.875. The van der Waals surface area contributed by atoms with E-state index in [0.29, 0.717) is 22.0 Å². The summed E-state index contributed by atoms with van der Waals surface area (Å²) in [4.78, 5) is 35.6. The van der Waals surface area contributed by atoms with Crippen LogP contribution in [-0.4, -0.2) is 17.6 Å². The van der Waals surface area contributed by atoms with Gasteiger partial charge in [0, 0.05) is 33.6 Å². The van der Waals surface area contributed by atoms with Crippen molar-refractivity contribution < 1.29 is 14.4 Å². The smallest absolute Gasteiger partial charge is 0.251 e. The zero-order chi connectivity index (χ0) is 19.3. The van der Waals surface area contributed by atoms with E-state index in [-0.39, 0.29) is 11.4 Å². The Hall–Kier alpha value is -2.92. The van der Waals surface area contributed by atoms with E-state index in [9.17, 15) is 14.4 Å². The quantitative estimate of drug-likeness (QED) is 0.606. The monoisotopic (exact) mass is 370 g/mol. The largest absolute Gasteiger partial charge is 0.322 e. The molecule has 0 spiro atoms. The van der Waals surface area contributed by atoms with E-state index in [2.05, 4.69) is 10.6 Å². The Balaban J connectivity index is 2.03. The van der Waals surface area contributed by atoms with E-state index in [4.69, 9.17) is 11.6 Å². The van der Waals surface area contributed by atoms with Crippen LogP contribution in [0, 0.1) is 6.92 Å². The number of benzene rings is 2. The molecule has 0 atom stereocenters. The average Bonchev–Trinajstić information content (AvgIpc) is 2.59. The highest BCUT2D eigenvalue weighted by Gasteiger charge is 2.10. The summed E-state index contributed by atoms with van der Waals surface area (Å²) in [7, 11) is 0. The van der Waals surface area contributed by atoms with E-state index < -0.39 is 11.8 Å². The van der Waals surface area contributed by atoms with Gasteiger partial charge in [-0.3, -0.25) is 14.4 Å². The Morgan fingerprint density at radius 1 is 0.962 bits per heavy atom. The van der Waals surface area contributed by atoms with Gasteiger partial charge < -0.3 is 10.6 Å². The summed E-state index contributed by atoms with van der Waals surface area (Å²) >= 11 is 6.02. The molecule has 0 heterocycles. The number of Topliss-reactive ketones (excluding diaryl/α,β-unsaturated/α-hetero) is 1. The molecule has 0 unspecified atom stereocenters. The highest BCUT2D eigenvalue weighted by molar-refractivity contribution is 6.31. The highest BCUT2D eigenvalue weighted by atomic mass is 35.5. The van der Waals surface area contributed by atoms with Crippen LogP contribution >= 0.6 is 11.6 Å². The summed E-state index contributed by atoms with van der Waals surface area (Å²) in [5, 5.41) is 5.93. The fraction of sp³-hybridized carbons (Fsp3) is 0.150. The molecule has 2 aromatic carbocycles. The molecule has 0 bridgehead atoms. The number of anilines is 2. The van der Waals surface area contributed by atoms with Crippen molar-refractivity contribution in [1.82, 2.24) is 0 Å². The molecule has 0 radical (unpaired) electrons. The van der Waals surface area contributed by atoms with Crippen LogP contribution in [0.15, 0.2) is 54.1 Å². The van der Waals surface area contributed by atoms with E-state index in [0.717, 1.165) is 5.56 Å². The predicted molar refractivity (Wildman–Crippen MR) is 104 cm³/mol. The van der Waals surface area contributed by atoms with Crippen molar-refractivity contribution in [2.75, 3.05) is 10.6 Å². The molecular formula is C20H19ClN2O3. The van der Waals surface area contributed by atoms with Gasteiger partial charge in [-0.25, -0.2) is 0 Å². The lowest BCUT2D eigenvalue weighted by Gasteiger charge is -2.09. The minimum atomic E-state index is -0.421. The van der Waals surface area contributed by atoms with Gasteiger partial charge in [0.25, 0.3) is 5.91 Å².